The topological polar surface area (TPSA) is 46.1 Å². The zero-order chi connectivity index (χ0) is 21.3. The van der Waals surface area contributed by atoms with Crippen LogP contribution in [0.5, 0.6) is 0 Å². The zero-order valence-electron chi connectivity index (χ0n) is 17.1. The van der Waals surface area contributed by atoms with Gasteiger partial charge >= 0.3 is 0 Å². The normalized spacial score (nSPS) is 10.6. The van der Waals surface area contributed by atoms with Crippen LogP contribution in [0.2, 0.25) is 0 Å². The van der Waals surface area contributed by atoms with E-state index in [0.717, 1.165) is 16.9 Å². The average Bonchev–Trinajstić information content (AvgIpc) is 2.84. The van der Waals surface area contributed by atoms with Crippen molar-refractivity contribution >= 4 is 17.7 Å². The molecule has 2 heterocycles. The van der Waals surface area contributed by atoms with Crippen LogP contribution in [0.1, 0.15) is 27.0 Å². The molecule has 4 nitrogen and oxygen atoms in total. The fourth-order valence-corrected chi connectivity index (χ4v) is 4.11. The number of hydrogen-bond acceptors (Lipinski definition) is 4. The first-order valence-electron chi connectivity index (χ1n) is 10.1. The summed E-state index contributed by atoms with van der Waals surface area (Å²) in [6.07, 6.45) is 7.05. The fraction of sp³-hybridized carbons (Fsp3) is 0.115. The average molecular weight is 426 g/mol. The summed E-state index contributed by atoms with van der Waals surface area (Å²) in [6, 6.07) is 26.0. The molecule has 0 fully saturated rings. The SMILES string of the molecule is O=C(c1ccc(CSc2ccccc2)cc1)N(Cc1ccncc1)Cc1cccnc1. The Balaban J connectivity index is 1.47. The van der Waals surface area contributed by atoms with E-state index in [2.05, 4.69) is 22.1 Å². The number of aromatic nitrogens is 2. The Morgan fingerprint density at radius 2 is 1.45 bits per heavy atom. The molecule has 31 heavy (non-hydrogen) atoms. The lowest BCUT2D eigenvalue weighted by Crippen LogP contribution is -2.30. The third-order valence-corrected chi connectivity index (χ3v) is 5.94. The molecule has 0 unspecified atom stereocenters. The van der Waals surface area contributed by atoms with Crippen LogP contribution >= 0.6 is 11.8 Å². The molecule has 0 spiro atoms. The molecule has 4 aromatic rings. The van der Waals surface area contributed by atoms with Crippen molar-refractivity contribution in [3.63, 3.8) is 0 Å². The molecular weight excluding hydrogens is 402 g/mol. The lowest BCUT2D eigenvalue weighted by Gasteiger charge is -2.23. The van der Waals surface area contributed by atoms with E-state index in [1.165, 1.54) is 10.5 Å². The van der Waals surface area contributed by atoms with E-state index < -0.39 is 0 Å². The Morgan fingerprint density at radius 3 is 2.16 bits per heavy atom. The summed E-state index contributed by atoms with van der Waals surface area (Å²) in [4.78, 5) is 24.7. The number of carbonyl (C=O) groups excluding carboxylic acids is 1. The van der Waals surface area contributed by atoms with Crippen molar-refractivity contribution in [3.8, 4) is 0 Å². The summed E-state index contributed by atoms with van der Waals surface area (Å²) in [7, 11) is 0. The number of nitrogens with zero attached hydrogens (tertiary/aromatic N) is 3. The molecule has 0 aliphatic carbocycles. The van der Waals surface area contributed by atoms with Crippen LogP contribution in [0.25, 0.3) is 0 Å². The Hall–Kier alpha value is -3.44. The molecule has 2 aromatic heterocycles. The van der Waals surface area contributed by atoms with E-state index in [9.17, 15) is 4.79 Å². The largest absolute Gasteiger partial charge is 0.330 e. The molecule has 4 rings (SSSR count). The lowest BCUT2D eigenvalue weighted by molar-refractivity contribution is 0.0730. The lowest BCUT2D eigenvalue weighted by atomic mass is 10.1. The molecule has 0 atom stereocenters. The predicted molar refractivity (Wildman–Crippen MR) is 124 cm³/mol. The van der Waals surface area contributed by atoms with Gasteiger partial charge in [-0.15, -0.1) is 11.8 Å². The molecule has 0 bridgehead atoms. The molecule has 0 radical (unpaired) electrons. The number of rotatable bonds is 8. The van der Waals surface area contributed by atoms with Gasteiger partial charge in [-0.05, 0) is 59.2 Å². The number of amides is 1. The quantitative estimate of drug-likeness (QED) is 0.344. The molecule has 0 saturated heterocycles. The minimum atomic E-state index is 0.00271. The van der Waals surface area contributed by atoms with Crippen LogP contribution in [0.3, 0.4) is 0 Å². The molecule has 0 saturated carbocycles. The van der Waals surface area contributed by atoms with Crippen LogP contribution in [-0.4, -0.2) is 20.8 Å². The zero-order valence-corrected chi connectivity index (χ0v) is 17.9. The number of benzene rings is 2. The van der Waals surface area contributed by atoms with Crippen molar-refractivity contribution in [1.82, 2.24) is 14.9 Å². The van der Waals surface area contributed by atoms with E-state index in [1.807, 2.05) is 71.6 Å². The summed E-state index contributed by atoms with van der Waals surface area (Å²) < 4.78 is 0. The maximum Gasteiger partial charge on any atom is 0.254 e. The van der Waals surface area contributed by atoms with Gasteiger partial charge in [0.25, 0.3) is 5.91 Å². The Bertz CT molecular complexity index is 1050. The number of hydrogen-bond donors (Lipinski definition) is 0. The minimum Gasteiger partial charge on any atom is -0.330 e. The van der Waals surface area contributed by atoms with Crippen LogP contribution in [0.15, 0.2) is 109 Å². The van der Waals surface area contributed by atoms with Crippen LogP contribution in [-0.2, 0) is 18.8 Å². The molecular formula is C26H23N3OS. The highest BCUT2D eigenvalue weighted by atomic mass is 32.2. The van der Waals surface area contributed by atoms with E-state index in [0.29, 0.717) is 18.7 Å². The van der Waals surface area contributed by atoms with Gasteiger partial charge in [0.05, 0.1) is 0 Å². The van der Waals surface area contributed by atoms with Gasteiger partial charge in [0, 0.05) is 54.1 Å². The van der Waals surface area contributed by atoms with Crippen LogP contribution in [0.4, 0.5) is 0 Å². The van der Waals surface area contributed by atoms with Crippen molar-refractivity contribution in [1.29, 1.82) is 0 Å². The van der Waals surface area contributed by atoms with Crippen LogP contribution in [0, 0.1) is 0 Å². The van der Waals surface area contributed by atoms with E-state index >= 15 is 0 Å². The number of carbonyl (C=O) groups is 1. The van der Waals surface area contributed by atoms with Gasteiger partial charge in [-0.1, -0.05) is 36.4 Å². The second-order valence-electron chi connectivity index (χ2n) is 7.18. The first-order chi connectivity index (χ1) is 15.3. The molecule has 0 aliphatic heterocycles. The fourth-order valence-electron chi connectivity index (χ4n) is 3.23. The van der Waals surface area contributed by atoms with Crippen molar-refractivity contribution in [2.45, 2.75) is 23.7 Å². The second-order valence-corrected chi connectivity index (χ2v) is 8.23. The van der Waals surface area contributed by atoms with E-state index in [1.54, 1.807) is 36.5 Å². The second kappa shape index (κ2) is 10.5. The molecule has 1 amide bonds. The molecule has 2 aromatic carbocycles. The molecule has 0 N–H and O–H groups in total. The third kappa shape index (κ3) is 6.03. The minimum absolute atomic E-state index is 0.00271. The predicted octanol–water partition coefficient (Wildman–Crippen LogP) is 5.61. The van der Waals surface area contributed by atoms with E-state index in [4.69, 9.17) is 0 Å². The maximum atomic E-state index is 13.3. The summed E-state index contributed by atoms with van der Waals surface area (Å²) in [5.74, 6) is 0.873. The van der Waals surface area contributed by atoms with Gasteiger partial charge < -0.3 is 4.90 Å². The van der Waals surface area contributed by atoms with Crippen LogP contribution < -0.4 is 0 Å². The first kappa shape index (κ1) is 20.8. The maximum absolute atomic E-state index is 13.3. The molecule has 0 aliphatic rings. The van der Waals surface area contributed by atoms with E-state index in [-0.39, 0.29) is 5.91 Å². The molecule has 5 heteroatoms. The van der Waals surface area contributed by atoms with Gasteiger partial charge in [0.15, 0.2) is 0 Å². The summed E-state index contributed by atoms with van der Waals surface area (Å²) >= 11 is 1.79. The summed E-state index contributed by atoms with van der Waals surface area (Å²) in [5.41, 5.74) is 3.92. The van der Waals surface area contributed by atoms with Crippen molar-refractivity contribution in [3.05, 3.63) is 126 Å². The number of thioether (sulfide) groups is 1. The third-order valence-electron chi connectivity index (χ3n) is 4.86. The smallest absolute Gasteiger partial charge is 0.254 e. The van der Waals surface area contributed by atoms with Gasteiger partial charge in [0.1, 0.15) is 0 Å². The Labute approximate surface area is 187 Å². The standard InChI is InChI=1S/C26H23N3OS/c30-26(24-10-8-22(9-11-24)20-31-25-6-2-1-3-7-25)29(18-21-12-15-27-16-13-21)19-23-5-4-14-28-17-23/h1-17H,18-20H2. The number of pyridine rings is 2. The van der Waals surface area contributed by atoms with Gasteiger partial charge in [-0.3, -0.25) is 14.8 Å². The van der Waals surface area contributed by atoms with Gasteiger partial charge in [-0.25, -0.2) is 0 Å². The highest BCUT2D eigenvalue weighted by molar-refractivity contribution is 7.98. The first-order valence-corrected chi connectivity index (χ1v) is 11.1. The van der Waals surface area contributed by atoms with Crippen molar-refractivity contribution in [2.24, 2.45) is 0 Å². The van der Waals surface area contributed by atoms with Crippen molar-refractivity contribution < 1.29 is 4.79 Å². The summed E-state index contributed by atoms with van der Waals surface area (Å²) in [5, 5.41) is 0. The Morgan fingerprint density at radius 1 is 0.710 bits per heavy atom. The van der Waals surface area contributed by atoms with Gasteiger partial charge in [-0.2, -0.15) is 0 Å². The summed E-state index contributed by atoms with van der Waals surface area (Å²) in [6.45, 7) is 1.02. The highest BCUT2D eigenvalue weighted by Gasteiger charge is 2.17. The Kier molecular flexibility index (Phi) is 7.08. The monoisotopic (exact) mass is 425 g/mol. The van der Waals surface area contributed by atoms with Crippen molar-refractivity contribution in [2.75, 3.05) is 0 Å². The molecule has 154 valence electrons. The highest BCUT2D eigenvalue weighted by Crippen LogP contribution is 2.23. The van der Waals surface area contributed by atoms with Gasteiger partial charge in [0.2, 0.25) is 0 Å².